The third-order valence-electron chi connectivity index (χ3n) is 3.31. The van der Waals surface area contributed by atoms with Crippen LogP contribution in [0.3, 0.4) is 0 Å². The highest BCUT2D eigenvalue weighted by atomic mass is 15.2. The SMILES string of the molecule is CCCCCN(C)c1ncnc2c1CNCC2. The van der Waals surface area contributed by atoms with Gasteiger partial charge in [-0.2, -0.15) is 0 Å². The van der Waals surface area contributed by atoms with Crippen molar-refractivity contribution in [2.24, 2.45) is 0 Å². The van der Waals surface area contributed by atoms with Crippen molar-refractivity contribution in [3.05, 3.63) is 17.6 Å². The molecule has 0 amide bonds. The maximum absolute atomic E-state index is 4.45. The Morgan fingerprint density at radius 1 is 1.35 bits per heavy atom. The van der Waals surface area contributed by atoms with Crippen molar-refractivity contribution in [3.8, 4) is 0 Å². The molecule has 2 rings (SSSR count). The molecule has 0 aromatic carbocycles. The molecule has 0 fully saturated rings. The van der Waals surface area contributed by atoms with Gasteiger partial charge in [-0.25, -0.2) is 9.97 Å². The first kappa shape index (κ1) is 12.3. The van der Waals surface area contributed by atoms with Crippen molar-refractivity contribution in [3.63, 3.8) is 0 Å². The Hall–Kier alpha value is -1.16. The van der Waals surface area contributed by atoms with E-state index in [1.54, 1.807) is 6.33 Å². The molecule has 1 aromatic rings. The summed E-state index contributed by atoms with van der Waals surface area (Å²) >= 11 is 0. The van der Waals surface area contributed by atoms with Crippen LogP contribution in [0, 0.1) is 0 Å². The summed E-state index contributed by atoms with van der Waals surface area (Å²) in [6.07, 6.45) is 6.51. The van der Waals surface area contributed by atoms with Gasteiger partial charge in [0.15, 0.2) is 0 Å². The van der Waals surface area contributed by atoms with Crippen LogP contribution in [0.4, 0.5) is 5.82 Å². The number of nitrogens with one attached hydrogen (secondary N) is 1. The molecule has 94 valence electrons. The Morgan fingerprint density at radius 3 is 3.06 bits per heavy atom. The summed E-state index contributed by atoms with van der Waals surface area (Å²) in [5, 5.41) is 3.40. The molecule has 0 radical (unpaired) electrons. The second-order valence-corrected chi connectivity index (χ2v) is 4.68. The lowest BCUT2D eigenvalue weighted by Gasteiger charge is -2.24. The van der Waals surface area contributed by atoms with Gasteiger partial charge >= 0.3 is 0 Å². The fourth-order valence-corrected chi connectivity index (χ4v) is 2.29. The minimum atomic E-state index is 0.906. The van der Waals surface area contributed by atoms with E-state index < -0.39 is 0 Å². The lowest BCUT2D eigenvalue weighted by molar-refractivity contribution is 0.619. The number of hydrogen-bond acceptors (Lipinski definition) is 4. The summed E-state index contributed by atoms with van der Waals surface area (Å²) in [4.78, 5) is 11.1. The second kappa shape index (κ2) is 5.96. The van der Waals surface area contributed by atoms with Gasteiger partial charge in [0.1, 0.15) is 12.1 Å². The largest absolute Gasteiger partial charge is 0.359 e. The zero-order valence-electron chi connectivity index (χ0n) is 10.9. The highest BCUT2D eigenvalue weighted by molar-refractivity contribution is 5.48. The summed E-state index contributed by atoms with van der Waals surface area (Å²) < 4.78 is 0. The lowest BCUT2D eigenvalue weighted by atomic mass is 10.1. The third-order valence-corrected chi connectivity index (χ3v) is 3.31. The van der Waals surface area contributed by atoms with E-state index in [-0.39, 0.29) is 0 Å². The summed E-state index contributed by atoms with van der Waals surface area (Å²) in [5.74, 6) is 1.11. The molecular weight excluding hydrogens is 212 g/mol. The van der Waals surface area contributed by atoms with Crippen molar-refractivity contribution >= 4 is 5.82 Å². The normalized spacial score (nSPS) is 14.5. The van der Waals surface area contributed by atoms with Gasteiger partial charge in [-0.05, 0) is 6.42 Å². The third kappa shape index (κ3) is 2.94. The predicted octanol–water partition coefficient (Wildman–Crippen LogP) is 1.75. The number of hydrogen-bond donors (Lipinski definition) is 1. The zero-order chi connectivity index (χ0) is 12.1. The molecule has 2 heterocycles. The molecular formula is C13H22N4. The van der Waals surface area contributed by atoms with Crippen LogP contribution < -0.4 is 10.2 Å². The Morgan fingerprint density at radius 2 is 2.24 bits per heavy atom. The van der Waals surface area contributed by atoms with E-state index in [2.05, 4.69) is 34.2 Å². The molecule has 1 aliphatic heterocycles. The molecule has 1 N–H and O–H groups in total. The summed E-state index contributed by atoms with van der Waals surface area (Å²) in [6.45, 7) is 5.25. The molecule has 0 aliphatic carbocycles. The number of unbranched alkanes of at least 4 members (excludes halogenated alkanes) is 2. The summed E-state index contributed by atoms with van der Waals surface area (Å²) in [6, 6.07) is 0. The fraction of sp³-hybridized carbons (Fsp3) is 0.692. The van der Waals surface area contributed by atoms with Crippen molar-refractivity contribution in [1.29, 1.82) is 0 Å². The molecule has 4 nitrogen and oxygen atoms in total. The number of fused-ring (bicyclic) bond motifs is 1. The molecule has 1 aliphatic rings. The molecule has 17 heavy (non-hydrogen) atoms. The first-order chi connectivity index (χ1) is 8.33. The van der Waals surface area contributed by atoms with Gasteiger partial charge in [0, 0.05) is 38.7 Å². The highest BCUT2D eigenvalue weighted by Gasteiger charge is 2.17. The van der Waals surface area contributed by atoms with E-state index in [1.807, 2.05) is 0 Å². The van der Waals surface area contributed by atoms with Crippen LogP contribution in [0.25, 0.3) is 0 Å². The predicted molar refractivity (Wildman–Crippen MR) is 70.2 cm³/mol. The van der Waals surface area contributed by atoms with Crippen LogP contribution in [0.1, 0.15) is 37.4 Å². The van der Waals surface area contributed by atoms with E-state index in [1.165, 1.54) is 30.5 Å². The number of nitrogens with zero attached hydrogens (tertiary/aromatic N) is 3. The molecule has 4 heteroatoms. The smallest absolute Gasteiger partial charge is 0.136 e. The molecule has 1 aromatic heterocycles. The van der Waals surface area contributed by atoms with Crippen LogP contribution in [-0.4, -0.2) is 30.1 Å². The Bertz CT molecular complexity index is 364. The summed E-state index contributed by atoms with van der Waals surface area (Å²) in [7, 11) is 2.13. The van der Waals surface area contributed by atoms with Crippen LogP contribution in [0.15, 0.2) is 6.33 Å². The molecule has 0 saturated carbocycles. The van der Waals surface area contributed by atoms with Crippen LogP contribution in [0.2, 0.25) is 0 Å². The van der Waals surface area contributed by atoms with E-state index in [9.17, 15) is 0 Å². The standard InChI is InChI=1S/C13H22N4/c1-3-4-5-8-17(2)13-11-9-14-7-6-12(11)15-10-16-13/h10,14H,3-9H2,1-2H3. The van der Waals surface area contributed by atoms with Crippen LogP contribution in [-0.2, 0) is 13.0 Å². The van der Waals surface area contributed by atoms with Crippen LogP contribution in [0.5, 0.6) is 0 Å². The van der Waals surface area contributed by atoms with Gasteiger partial charge in [-0.3, -0.25) is 0 Å². The Balaban J connectivity index is 2.09. The quantitative estimate of drug-likeness (QED) is 0.788. The Kier molecular flexibility index (Phi) is 4.31. The molecule has 0 bridgehead atoms. The van der Waals surface area contributed by atoms with Crippen LogP contribution >= 0.6 is 0 Å². The zero-order valence-corrected chi connectivity index (χ0v) is 10.9. The van der Waals surface area contributed by atoms with Gasteiger partial charge in [-0.1, -0.05) is 19.8 Å². The molecule has 0 saturated heterocycles. The van der Waals surface area contributed by atoms with E-state index in [4.69, 9.17) is 0 Å². The van der Waals surface area contributed by atoms with E-state index in [0.717, 1.165) is 31.9 Å². The van der Waals surface area contributed by atoms with Crippen molar-refractivity contribution in [2.75, 3.05) is 25.0 Å². The number of anilines is 1. The monoisotopic (exact) mass is 234 g/mol. The highest BCUT2D eigenvalue weighted by Crippen LogP contribution is 2.21. The number of rotatable bonds is 5. The second-order valence-electron chi connectivity index (χ2n) is 4.68. The maximum atomic E-state index is 4.45. The van der Waals surface area contributed by atoms with Gasteiger partial charge < -0.3 is 10.2 Å². The maximum Gasteiger partial charge on any atom is 0.136 e. The average Bonchev–Trinajstić information content (AvgIpc) is 2.38. The minimum absolute atomic E-state index is 0.906. The van der Waals surface area contributed by atoms with E-state index >= 15 is 0 Å². The van der Waals surface area contributed by atoms with Gasteiger partial charge in [0.05, 0.1) is 5.69 Å². The lowest BCUT2D eigenvalue weighted by Crippen LogP contribution is -2.29. The van der Waals surface area contributed by atoms with Gasteiger partial charge in [-0.15, -0.1) is 0 Å². The summed E-state index contributed by atoms with van der Waals surface area (Å²) in [5.41, 5.74) is 2.51. The Labute approximate surface area is 103 Å². The van der Waals surface area contributed by atoms with Crippen molar-refractivity contribution in [1.82, 2.24) is 15.3 Å². The topological polar surface area (TPSA) is 41.1 Å². The first-order valence-corrected chi connectivity index (χ1v) is 6.57. The van der Waals surface area contributed by atoms with Gasteiger partial charge in [0.2, 0.25) is 0 Å². The molecule has 0 unspecified atom stereocenters. The number of aromatic nitrogens is 2. The van der Waals surface area contributed by atoms with E-state index in [0.29, 0.717) is 0 Å². The fourth-order valence-electron chi connectivity index (χ4n) is 2.29. The van der Waals surface area contributed by atoms with Gasteiger partial charge in [0.25, 0.3) is 0 Å². The van der Waals surface area contributed by atoms with Crippen molar-refractivity contribution < 1.29 is 0 Å². The first-order valence-electron chi connectivity index (χ1n) is 6.57. The molecule has 0 atom stereocenters. The minimum Gasteiger partial charge on any atom is -0.359 e. The van der Waals surface area contributed by atoms with Crippen molar-refractivity contribution in [2.45, 2.75) is 39.2 Å². The molecule has 0 spiro atoms. The average molecular weight is 234 g/mol.